The smallest absolute Gasteiger partial charge is 0.0876 e. The van der Waals surface area contributed by atoms with E-state index in [0.717, 1.165) is 12.5 Å². The van der Waals surface area contributed by atoms with E-state index in [-0.39, 0.29) is 0 Å². The van der Waals surface area contributed by atoms with Gasteiger partial charge < -0.3 is 4.74 Å². The van der Waals surface area contributed by atoms with Gasteiger partial charge in [0.15, 0.2) is 0 Å². The van der Waals surface area contributed by atoms with E-state index in [1.54, 1.807) is 0 Å². The van der Waals surface area contributed by atoms with Gasteiger partial charge in [0.1, 0.15) is 0 Å². The van der Waals surface area contributed by atoms with Crippen molar-refractivity contribution < 1.29 is 4.74 Å². The molecule has 1 aliphatic heterocycles. The van der Waals surface area contributed by atoms with Gasteiger partial charge in [-0.05, 0) is 56.1 Å². The largest absolute Gasteiger partial charge is 0.501 e. The first-order valence-corrected chi connectivity index (χ1v) is 6.27. The summed E-state index contributed by atoms with van der Waals surface area (Å²) in [6, 6.07) is 0. The zero-order valence-electron chi connectivity index (χ0n) is 8.71. The van der Waals surface area contributed by atoms with Gasteiger partial charge >= 0.3 is 0 Å². The summed E-state index contributed by atoms with van der Waals surface area (Å²) in [6.07, 6.45) is 5.91. The van der Waals surface area contributed by atoms with Crippen LogP contribution in [-0.4, -0.2) is 18.1 Å². The highest BCUT2D eigenvalue weighted by Crippen LogP contribution is 2.24. The molecular weight excluding hydrogens is 180 g/mol. The van der Waals surface area contributed by atoms with Crippen molar-refractivity contribution in [2.75, 3.05) is 18.1 Å². The molecule has 0 radical (unpaired) electrons. The van der Waals surface area contributed by atoms with Gasteiger partial charge in [-0.3, -0.25) is 0 Å². The predicted molar refractivity (Wildman–Crippen MR) is 60.0 cm³/mol. The molecule has 0 amide bonds. The van der Waals surface area contributed by atoms with Gasteiger partial charge in [-0.25, -0.2) is 0 Å². The highest BCUT2D eigenvalue weighted by atomic mass is 32.2. The van der Waals surface area contributed by atoms with Crippen LogP contribution in [0.5, 0.6) is 0 Å². The van der Waals surface area contributed by atoms with Crippen molar-refractivity contribution in [2.24, 2.45) is 5.92 Å². The minimum Gasteiger partial charge on any atom is -0.501 e. The molecular formula is C11H20OS. The summed E-state index contributed by atoms with van der Waals surface area (Å²) in [5.74, 6) is 3.62. The number of allylic oxidation sites excluding steroid dienone is 1. The summed E-state index contributed by atoms with van der Waals surface area (Å²) in [6.45, 7) is 5.03. The topological polar surface area (TPSA) is 9.23 Å². The van der Waals surface area contributed by atoms with E-state index in [0.29, 0.717) is 0 Å². The van der Waals surface area contributed by atoms with Gasteiger partial charge in [0.25, 0.3) is 0 Å². The fraction of sp³-hybridized carbons (Fsp3) is 0.818. The normalized spacial score (nSPS) is 22.5. The standard InChI is InChI=1S/C11H20OS/c1-10(2)8-12-6-5-11-4-3-7-13-9-11/h8,11H,3-7,9H2,1-2H3. The van der Waals surface area contributed by atoms with Gasteiger partial charge in [-0.2, -0.15) is 11.8 Å². The van der Waals surface area contributed by atoms with Crippen LogP contribution >= 0.6 is 11.8 Å². The average molecular weight is 200 g/mol. The maximum absolute atomic E-state index is 5.43. The van der Waals surface area contributed by atoms with Crippen molar-refractivity contribution >= 4 is 11.8 Å². The van der Waals surface area contributed by atoms with E-state index in [4.69, 9.17) is 4.74 Å². The maximum Gasteiger partial charge on any atom is 0.0876 e. The Balaban J connectivity index is 2.01. The van der Waals surface area contributed by atoms with Crippen molar-refractivity contribution in [3.8, 4) is 0 Å². The minimum atomic E-state index is 0.899. The molecule has 1 rings (SSSR count). The fourth-order valence-electron chi connectivity index (χ4n) is 1.50. The van der Waals surface area contributed by atoms with Crippen LogP contribution < -0.4 is 0 Å². The molecule has 1 nitrogen and oxygen atoms in total. The van der Waals surface area contributed by atoms with Gasteiger partial charge in [0.2, 0.25) is 0 Å². The van der Waals surface area contributed by atoms with Crippen LogP contribution in [0.25, 0.3) is 0 Å². The molecule has 76 valence electrons. The fourth-order valence-corrected chi connectivity index (χ4v) is 2.70. The molecule has 0 aromatic rings. The summed E-state index contributed by atoms with van der Waals surface area (Å²) in [7, 11) is 0. The van der Waals surface area contributed by atoms with Crippen molar-refractivity contribution in [3.05, 3.63) is 11.8 Å². The van der Waals surface area contributed by atoms with Gasteiger partial charge in [0, 0.05) is 0 Å². The molecule has 0 bridgehead atoms. The second kappa shape index (κ2) is 6.36. The van der Waals surface area contributed by atoms with Crippen LogP contribution in [0.4, 0.5) is 0 Å². The number of hydrogen-bond acceptors (Lipinski definition) is 2. The lowest BCUT2D eigenvalue weighted by molar-refractivity contribution is 0.220. The van der Waals surface area contributed by atoms with E-state index < -0.39 is 0 Å². The summed E-state index contributed by atoms with van der Waals surface area (Å²) in [5, 5.41) is 0. The number of hydrogen-bond donors (Lipinski definition) is 0. The number of ether oxygens (including phenoxy) is 1. The Labute approximate surface area is 85.9 Å². The first kappa shape index (κ1) is 11.0. The summed E-state index contributed by atoms with van der Waals surface area (Å²) < 4.78 is 5.43. The molecule has 1 aliphatic rings. The zero-order valence-corrected chi connectivity index (χ0v) is 9.53. The van der Waals surface area contributed by atoms with E-state index in [1.165, 1.54) is 36.3 Å². The van der Waals surface area contributed by atoms with E-state index >= 15 is 0 Å². The molecule has 0 aromatic heterocycles. The van der Waals surface area contributed by atoms with Crippen molar-refractivity contribution in [2.45, 2.75) is 33.1 Å². The first-order valence-electron chi connectivity index (χ1n) is 5.12. The second-order valence-electron chi connectivity index (χ2n) is 3.94. The third-order valence-corrected chi connectivity index (χ3v) is 3.50. The van der Waals surface area contributed by atoms with Crippen molar-refractivity contribution in [3.63, 3.8) is 0 Å². The summed E-state index contributed by atoms with van der Waals surface area (Å²) >= 11 is 2.10. The SMILES string of the molecule is CC(C)=COCCC1CCCSC1. The molecule has 0 saturated carbocycles. The monoisotopic (exact) mass is 200 g/mol. The molecule has 1 atom stereocenters. The lowest BCUT2D eigenvalue weighted by atomic mass is 10.0. The molecule has 1 unspecified atom stereocenters. The third kappa shape index (κ3) is 5.25. The van der Waals surface area contributed by atoms with Crippen LogP contribution in [0.1, 0.15) is 33.1 Å². The van der Waals surface area contributed by atoms with Crippen molar-refractivity contribution in [1.82, 2.24) is 0 Å². The molecule has 0 aromatic carbocycles. The van der Waals surface area contributed by atoms with Crippen LogP contribution in [-0.2, 0) is 4.74 Å². The van der Waals surface area contributed by atoms with Crippen LogP contribution in [0, 0.1) is 5.92 Å². The molecule has 2 heteroatoms. The Hall–Kier alpha value is -0.110. The Kier molecular flexibility index (Phi) is 5.37. The Morgan fingerprint density at radius 1 is 1.54 bits per heavy atom. The summed E-state index contributed by atoms with van der Waals surface area (Å²) in [5.41, 5.74) is 1.25. The zero-order chi connectivity index (χ0) is 9.52. The van der Waals surface area contributed by atoms with Crippen LogP contribution in [0.15, 0.2) is 11.8 Å². The van der Waals surface area contributed by atoms with E-state index in [9.17, 15) is 0 Å². The maximum atomic E-state index is 5.43. The Morgan fingerprint density at radius 2 is 2.38 bits per heavy atom. The van der Waals surface area contributed by atoms with Gasteiger partial charge in [-0.1, -0.05) is 0 Å². The van der Waals surface area contributed by atoms with Gasteiger partial charge in [0.05, 0.1) is 12.9 Å². The number of rotatable bonds is 4. The average Bonchev–Trinajstić information content (AvgIpc) is 2.14. The number of thioether (sulfide) groups is 1. The minimum absolute atomic E-state index is 0.899. The Bertz CT molecular complexity index is 155. The highest BCUT2D eigenvalue weighted by Gasteiger charge is 2.12. The third-order valence-electron chi connectivity index (χ3n) is 2.22. The van der Waals surface area contributed by atoms with E-state index in [1.807, 2.05) is 6.26 Å². The second-order valence-corrected chi connectivity index (χ2v) is 5.09. The molecule has 1 heterocycles. The molecule has 1 fully saturated rings. The first-order chi connectivity index (χ1) is 6.29. The van der Waals surface area contributed by atoms with E-state index in [2.05, 4.69) is 25.6 Å². The quantitative estimate of drug-likeness (QED) is 0.508. The molecule has 13 heavy (non-hydrogen) atoms. The lowest BCUT2D eigenvalue weighted by Crippen LogP contribution is -2.12. The van der Waals surface area contributed by atoms with Gasteiger partial charge in [-0.15, -0.1) is 0 Å². The highest BCUT2D eigenvalue weighted by molar-refractivity contribution is 7.99. The lowest BCUT2D eigenvalue weighted by Gasteiger charge is -2.20. The van der Waals surface area contributed by atoms with Crippen molar-refractivity contribution in [1.29, 1.82) is 0 Å². The Morgan fingerprint density at radius 3 is 3.00 bits per heavy atom. The summed E-state index contributed by atoms with van der Waals surface area (Å²) in [4.78, 5) is 0. The predicted octanol–water partition coefficient (Wildman–Crippen LogP) is 3.46. The molecule has 0 aliphatic carbocycles. The molecule has 0 spiro atoms. The van der Waals surface area contributed by atoms with Crippen LogP contribution in [0.3, 0.4) is 0 Å². The van der Waals surface area contributed by atoms with Crippen LogP contribution in [0.2, 0.25) is 0 Å². The molecule has 0 N–H and O–H groups in total. The molecule has 1 saturated heterocycles.